The van der Waals surface area contributed by atoms with E-state index >= 15 is 0 Å². The number of hydrogen-bond acceptors (Lipinski definition) is 3. The highest BCUT2D eigenvalue weighted by atomic mass is 79.9. The molecule has 5 heteroatoms. The average Bonchev–Trinajstić information content (AvgIpc) is 2.03. The van der Waals surface area contributed by atoms with E-state index in [1.807, 2.05) is 0 Å². The SMILES string of the molecule is CC(OC(N)=O)c1ccnc(Br)c1. The van der Waals surface area contributed by atoms with E-state index in [1.165, 1.54) is 0 Å². The molecule has 0 aliphatic carbocycles. The van der Waals surface area contributed by atoms with Crippen LogP contribution in [0.4, 0.5) is 4.79 Å². The normalized spacial score (nSPS) is 12.2. The molecule has 0 aliphatic rings. The molecule has 1 atom stereocenters. The van der Waals surface area contributed by atoms with Crippen LogP contribution in [0.3, 0.4) is 0 Å². The largest absolute Gasteiger partial charge is 0.442 e. The van der Waals surface area contributed by atoms with Gasteiger partial charge in [-0.15, -0.1) is 0 Å². The first-order chi connectivity index (χ1) is 6.09. The van der Waals surface area contributed by atoms with Gasteiger partial charge in [-0.3, -0.25) is 0 Å². The van der Waals surface area contributed by atoms with E-state index in [-0.39, 0.29) is 6.10 Å². The molecule has 1 unspecified atom stereocenters. The first-order valence-corrected chi connectivity index (χ1v) is 4.46. The molecule has 1 heterocycles. The van der Waals surface area contributed by atoms with Crippen LogP contribution >= 0.6 is 15.9 Å². The van der Waals surface area contributed by atoms with Crippen molar-refractivity contribution in [1.82, 2.24) is 4.98 Å². The van der Waals surface area contributed by atoms with E-state index < -0.39 is 6.09 Å². The summed E-state index contributed by atoms with van der Waals surface area (Å²) in [7, 11) is 0. The van der Waals surface area contributed by atoms with Crippen molar-refractivity contribution in [2.45, 2.75) is 13.0 Å². The lowest BCUT2D eigenvalue weighted by Gasteiger charge is -2.11. The number of nitrogens with zero attached hydrogens (tertiary/aromatic N) is 1. The van der Waals surface area contributed by atoms with Gasteiger partial charge in [-0.05, 0) is 40.5 Å². The van der Waals surface area contributed by atoms with E-state index in [0.717, 1.165) is 5.56 Å². The number of carbonyl (C=O) groups excluding carboxylic acids is 1. The van der Waals surface area contributed by atoms with Gasteiger partial charge in [0.05, 0.1) is 0 Å². The number of aromatic nitrogens is 1. The molecule has 1 aromatic heterocycles. The lowest BCUT2D eigenvalue weighted by Crippen LogP contribution is -2.15. The topological polar surface area (TPSA) is 65.2 Å². The van der Waals surface area contributed by atoms with Crippen LogP contribution in [0.25, 0.3) is 0 Å². The molecule has 0 aromatic carbocycles. The second-order valence-corrected chi connectivity index (χ2v) is 3.30. The molecule has 0 fully saturated rings. The summed E-state index contributed by atoms with van der Waals surface area (Å²) in [5, 5.41) is 0. The van der Waals surface area contributed by atoms with Crippen molar-refractivity contribution >= 4 is 22.0 Å². The van der Waals surface area contributed by atoms with Crippen molar-refractivity contribution in [2.24, 2.45) is 5.73 Å². The third-order valence-corrected chi connectivity index (χ3v) is 1.95. The summed E-state index contributed by atoms with van der Waals surface area (Å²) in [6.45, 7) is 1.74. The Labute approximate surface area is 84.2 Å². The first kappa shape index (κ1) is 9.98. The highest BCUT2D eigenvalue weighted by molar-refractivity contribution is 9.10. The van der Waals surface area contributed by atoms with Crippen molar-refractivity contribution in [3.05, 3.63) is 28.5 Å². The highest BCUT2D eigenvalue weighted by Gasteiger charge is 2.08. The second-order valence-electron chi connectivity index (χ2n) is 2.49. The highest BCUT2D eigenvalue weighted by Crippen LogP contribution is 2.18. The standard InChI is InChI=1S/C8H9BrN2O2/c1-5(13-8(10)12)6-2-3-11-7(9)4-6/h2-5H,1H3,(H2,10,12). The first-order valence-electron chi connectivity index (χ1n) is 3.67. The van der Waals surface area contributed by atoms with Crippen LogP contribution in [0.1, 0.15) is 18.6 Å². The lowest BCUT2D eigenvalue weighted by atomic mass is 10.2. The van der Waals surface area contributed by atoms with Crippen LogP contribution in [-0.4, -0.2) is 11.1 Å². The number of amides is 1. The van der Waals surface area contributed by atoms with Gasteiger partial charge < -0.3 is 10.5 Å². The third-order valence-electron chi connectivity index (χ3n) is 1.51. The van der Waals surface area contributed by atoms with Crippen molar-refractivity contribution < 1.29 is 9.53 Å². The molecule has 0 saturated heterocycles. The van der Waals surface area contributed by atoms with Crippen LogP contribution in [0.5, 0.6) is 0 Å². The van der Waals surface area contributed by atoms with Gasteiger partial charge in [0, 0.05) is 6.20 Å². The van der Waals surface area contributed by atoms with Crippen LogP contribution in [-0.2, 0) is 4.74 Å². The summed E-state index contributed by atoms with van der Waals surface area (Å²) < 4.78 is 5.48. The van der Waals surface area contributed by atoms with Crippen LogP contribution < -0.4 is 5.73 Å². The van der Waals surface area contributed by atoms with E-state index in [1.54, 1.807) is 25.3 Å². The number of primary amides is 1. The molecule has 0 spiro atoms. The molecule has 70 valence electrons. The quantitative estimate of drug-likeness (QED) is 0.810. The smallest absolute Gasteiger partial charge is 0.405 e. The Morgan fingerprint density at radius 3 is 3.00 bits per heavy atom. The molecule has 2 N–H and O–H groups in total. The summed E-state index contributed by atoms with van der Waals surface area (Å²) in [6, 6.07) is 3.53. The van der Waals surface area contributed by atoms with E-state index in [4.69, 9.17) is 10.5 Å². The third kappa shape index (κ3) is 3.02. The summed E-state index contributed by atoms with van der Waals surface area (Å²) in [6.07, 6.45) is 0.498. The molecule has 0 aliphatic heterocycles. The van der Waals surface area contributed by atoms with Gasteiger partial charge in [0.1, 0.15) is 10.7 Å². The van der Waals surface area contributed by atoms with Crippen molar-refractivity contribution in [3.8, 4) is 0 Å². The Morgan fingerprint density at radius 1 is 1.77 bits per heavy atom. The number of ether oxygens (including phenoxy) is 1. The van der Waals surface area contributed by atoms with Gasteiger partial charge in [0.2, 0.25) is 0 Å². The molecule has 13 heavy (non-hydrogen) atoms. The summed E-state index contributed by atoms with van der Waals surface area (Å²) in [5.74, 6) is 0. The van der Waals surface area contributed by atoms with Crippen LogP contribution in [0.2, 0.25) is 0 Å². The second kappa shape index (κ2) is 4.23. The zero-order chi connectivity index (χ0) is 9.84. The van der Waals surface area contributed by atoms with Gasteiger partial charge in [-0.1, -0.05) is 0 Å². The Hall–Kier alpha value is -1.10. The zero-order valence-corrected chi connectivity index (χ0v) is 8.61. The molecule has 0 saturated carbocycles. The monoisotopic (exact) mass is 244 g/mol. The fraction of sp³-hybridized carbons (Fsp3) is 0.250. The van der Waals surface area contributed by atoms with Gasteiger partial charge in [0.15, 0.2) is 0 Å². The predicted molar refractivity (Wildman–Crippen MR) is 51.0 cm³/mol. The maximum atomic E-state index is 10.4. The fourth-order valence-electron chi connectivity index (χ4n) is 0.913. The molecule has 4 nitrogen and oxygen atoms in total. The Kier molecular flexibility index (Phi) is 3.25. The summed E-state index contributed by atoms with van der Waals surface area (Å²) in [4.78, 5) is 14.4. The average molecular weight is 245 g/mol. The van der Waals surface area contributed by atoms with Gasteiger partial charge in [-0.25, -0.2) is 9.78 Å². The molecule has 1 amide bonds. The molecular weight excluding hydrogens is 236 g/mol. The summed E-state index contributed by atoms with van der Waals surface area (Å²) in [5.41, 5.74) is 5.73. The van der Waals surface area contributed by atoms with Crippen LogP contribution in [0, 0.1) is 0 Å². The van der Waals surface area contributed by atoms with Crippen molar-refractivity contribution in [1.29, 1.82) is 0 Å². The minimum Gasteiger partial charge on any atom is -0.442 e. The zero-order valence-electron chi connectivity index (χ0n) is 7.03. The molecule has 0 bridgehead atoms. The van der Waals surface area contributed by atoms with Crippen molar-refractivity contribution in [3.63, 3.8) is 0 Å². The molecule has 0 radical (unpaired) electrons. The molecule has 1 aromatic rings. The Bertz CT molecular complexity index is 317. The van der Waals surface area contributed by atoms with Crippen molar-refractivity contribution in [2.75, 3.05) is 0 Å². The van der Waals surface area contributed by atoms with E-state index in [9.17, 15) is 4.79 Å². The number of hydrogen-bond donors (Lipinski definition) is 1. The number of carbonyl (C=O) groups is 1. The maximum Gasteiger partial charge on any atom is 0.405 e. The van der Waals surface area contributed by atoms with Crippen LogP contribution in [0.15, 0.2) is 22.9 Å². The Morgan fingerprint density at radius 2 is 2.46 bits per heavy atom. The van der Waals surface area contributed by atoms with Gasteiger partial charge in [-0.2, -0.15) is 0 Å². The van der Waals surface area contributed by atoms with Gasteiger partial charge >= 0.3 is 6.09 Å². The number of halogens is 1. The van der Waals surface area contributed by atoms with Gasteiger partial charge in [0.25, 0.3) is 0 Å². The fourth-order valence-corrected chi connectivity index (χ4v) is 1.30. The number of nitrogens with two attached hydrogens (primary N) is 1. The lowest BCUT2D eigenvalue weighted by molar-refractivity contribution is 0.116. The minimum absolute atomic E-state index is 0.350. The minimum atomic E-state index is -0.777. The number of pyridine rings is 1. The van der Waals surface area contributed by atoms with E-state index in [2.05, 4.69) is 20.9 Å². The predicted octanol–water partition coefficient (Wildman–Crippen LogP) is 2.00. The van der Waals surface area contributed by atoms with E-state index in [0.29, 0.717) is 4.60 Å². The maximum absolute atomic E-state index is 10.4. The molecular formula is C8H9BrN2O2. The summed E-state index contributed by atoms with van der Waals surface area (Å²) >= 11 is 3.21. The number of rotatable bonds is 2. The Balaban J connectivity index is 2.76. The molecule has 1 rings (SSSR count).